The number of nitrogens with one attached hydrogen (secondary N) is 1. The van der Waals surface area contributed by atoms with Crippen LogP contribution in [0.2, 0.25) is 0 Å². The summed E-state index contributed by atoms with van der Waals surface area (Å²) in [6.07, 6.45) is 4.63. The van der Waals surface area contributed by atoms with Crippen molar-refractivity contribution in [1.29, 1.82) is 0 Å². The summed E-state index contributed by atoms with van der Waals surface area (Å²) in [7, 11) is 0. The van der Waals surface area contributed by atoms with Crippen molar-refractivity contribution in [1.82, 2.24) is 14.5 Å². The third kappa shape index (κ3) is 11.6. The molecule has 0 spiro atoms. The molecule has 2 heterocycles. The number of hydrogen-bond donors (Lipinski definition) is 3. The summed E-state index contributed by atoms with van der Waals surface area (Å²) in [5.74, 6) is -2.33. The van der Waals surface area contributed by atoms with Gasteiger partial charge < -0.3 is 35.1 Å². The molecule has 294 valence electrons. The molecular formula is C41H50N4O10. The van der Waals surface area contributed by atoms with Gasteiger partial charge in [-0.1, -0.05) is 50.2 Å². The minimum atomic E-state index is -1.45. The van der Waals surface area contributed by atoms with Gasteiger partial charge in [-0.2, -0.15) is 0 Å². The van der Waals surface area contributed by atoms with E-state index in [-0.39, 0.29) is 19.6 Å². The van der Waals surface area contributed by atoms with Crippen LogP contribution < -0.4 is 11.1 Å². The van der Waals surface area contributed by atoms with Gasteiger partial charge in [-0.3, -0.25) is 13.9 Å². The molecule has 55 heavy (non-hydrogen) atoms. The van der Waals surface area contributed by atoms with Gasteiger partial charge in [-0.25, -0.2) is 19.2 Å². The van der Waals surface area contributed by atoms with E-state index in [0.29, 0.717) is 32.9 Å². The molecule has 14 nitrogen and oxygen atoms in total. The molecule has 0 radical (unpaired) electrons. The maximum absolute atomic E-state index is 13.4. The molecule has 0 bridgehead atoms. The molecule has 0 aliphatic rings. The van der Waals surface area contributed by atoms with E-state index in [4.69, 9.17) is 24.7 Å². The van der Waals surface area contributed by atoms with E-state index in [1.165, 1.54) is 33.6 Å². The van der Waals surface area contributed by atoms with Crippen molar-refractivity contribution in [3.8, 4) is 0 Å². The lowest BCUT2D eigenvalue weighted by molar-refractivity contribution is -0.164. The molecule has 1 amide bonds. The van der Waals surface area contributed by atoms with Crippen LogP contribution in [0.4, 0.5) is 9.59 Å². The number of esters is 2. The topological polar surface area (TPSA) is 190 Å². The number of para-hydroxylation sites is 2. The number of amides is 1. The highest BCUT2D eigenvalue weighted by molar-refractivity contribution is 5.99. The largest absolute Gasteiger partial charge is 0.462 e. The smallest absolute Gasteiger partial charge is 0.419 e. The van der Waals surface area contributed by atoms with E-state index in [0.717, 1.165) is 6.08 Å². The zero-order valence-electron chi connectivity index (χ0n) is 32.5. The van der Waals surface area contributed by atoms with E-state index in [2.05, 4.69) is 5.32 Å². The summed E-state index contributed by atoms with van der Waals surface area (Å²) in [4.78, 5) is 65.4. The Labute approximate surface area is 319 Å². The Morgan fingerprint density at radius 3 is 1.65 bits per heavy atom. The standard InChI is InChI=1S/C41H50N4O10/c1-39(2,3)54-37(50)44-23-26(28-13-9-11-15-30(28)44)17-19-33(47)52-25-41(7,8)35(36(49)43-22-21-32(42)46)53-34(48)20-18-27-24-45(38(51)55-40(4,5)6)31-16-12-10-14-29(27)31/h9-20,23-24,32,35,46H,21-22,25,42H2,1-8H3,(H,43,49)/b19-17+,20-18+/t32-,35+/m1/s1. The average Bonchev–Trinajstić information content (AvgIpc) is 3.65. The number of ether oxygens (including phenoxy) is 4. The average molecular weight is 759 g/mol. The molecule has 2 aromatic heterocycles. The Morgan fingerprint density at radius 2 is 1.20 bits per heavy atom. The van der Waals surface area contributed by atoms with Gasteiger partial charge in [-0.05, 0) is 65.8 Å². The van der Waals surface area contributed by atoms with Crippen LogP contribution in [0.1, 0.15) is 72.9 Å². The molecule has 4 aromatic rings. The molecule has 0 saturated carbocycles. The lowest BCUT2D eigenvalue weighted by Gasteiger charge is -2.31. The van der Waals surface area contributed by atoms with Crippen molar-refractivity contribution in [2.45, 2.75) is 85.3 Å². The monoisotopic (exact) mass is 758 g/mol. The van der Waals surface area contributed by atoms with Gasteiger partial charge in [0.15, 0.2) is 6.10 Å². The van der Waals surface area contributed by atoms with Crippen molar-refractivity contribution in [2.24, 2.45) is 11.1 Å². The van der Waals surface area contributed by atoms with Gasteiger partial charge in [0.25, 0.3) is 5.91 Å². The number of fused-ring (bicyclic) bond motifs is 2. The first-order valence-electron chi connectivity index (χ1n) is 17.8. The Hall–Kier alpha value is -5.73. The molecule has 2 atom stereocenters. The third-order valence-corrected chi connectivity index (χ3v) is 7.97. The van der Waals surface area contributed by atoms with Crippen molar-refractivity contribution in [3.63, 3.8) is 0 Å². The summed E-state index contributed by atoms with van der Waals surface area (Å²) in [5, 5.41) is 13.5. The maximum Gasteiger partial charge on any atom is 0.419 e. The molecule has 4 rings (SSSR count). The fourth-order valence-electron chi connectivity index (χ4n) is 5.46. The molecule has 0 aliphatic carbocycles. The highest BCUT2D eigenvalue weighted by atomic mass is 16.6. The predicted molar refractivity (Wildman–Crippen MR) is 208 cm³/mol. The summed E-state index contributed by atoms with van der Waals surface area (Å²) < 4.78 is 25.0. The van der Waals surface area contributed by atoms with Gasteiger partial charge in [0.1, 0.15) is 24.0 Å². The number of nitrogens with zero attached hydrogens (tertiary/aromatic N) is 2. The second-order valence-corrected chi connectivity index (χ2v) is 15.6. The van der Waals surface area contributed by atoms with Gasteiger partial charge in [0, 0.05) is 64.8 Å². The highest BCUT2D eigenvalue weighted by Gasteiger charge is 2.39. The van der Waals surface area contributed by atoms with Crippen molar-refractivity contribution in [2.75, 3.05) is 13.2 Å². The minimum absolute atomic E-state index is 0.0138. The number of hydrogen-bond acceptors (Lipinski definition) is 11. The lowest BCUT2D eigenvalue weighted by Crippen LogP contribution is -2.49. The zero-order valence-corrected chi connectivity index (χ0v) is 32.5. The number of benzene rings is 2. The molecule has 0 saturated heterocycles. The van der Waals surface area contributed by atoms with Crippen molar-refractivity contribution < 1.29 is 48.0 Å². The molecular weight excluding hydrogens is 708 g/mol. The highest BCUT2D eigenvalue weighted by Crippen LogP contribution is 2.28. The Balaban J connectivity index is 1.51. The quantitative estimate of drug-likeness (QED) is 0.0650. The van der Waals surface area contributed by atoms with E-state index in [9.17, 15) is 29.1 Å². The fraction of sp³-hybridized carbons (Fsp3) is 0.390. The molecule has 0 aliphatic heterocycles. The van der Waals surface area contributed by atoms with Gasteiger partial charge in [0.05, 0.1) is 11.0 Å². The van der Waals surface area contributed by atoms with Crippen LogP contribution in [-0.4, -0.2) is 81.0 Å². The van der Waals surface area contributed by atoms with Crippen LogP contribution in [0.25, 0.3) is 34.0 Å². The van der Waals surface area contributed by atoms with Crippen LogP contribution in [-0.2, 0) is 33.3 Å². The van der Waals surface area contributed by atoms with Crippen LogP contribution in [0.3, 0.4) is 0 Å². The van der Waals surface area contributed by atoms with Crippen LogP contribution >= 0.6 is 0 Å². The number of carbonyl (C=O) groups excluding carboxylic acids is 5. The van der Waals surface area contributed by atoms with Gasteiger partial charge in [-0.15, -0.1) is 0 Å². The second-order valence-electron chi connectivity index (χ2n) is 15.6. The number of aliphatic hydroxyl groups excluding tert-OH is 1. The first-order valence-corrected chi connectivity index (χ1v) is 17.8. The Kier molecular flexibility index (Phi) is 13.1. The van der Waals surface area contributed by atoms with E-state index in [1.807, 2.05) is 0 Å². The molecule has 2 aromatic carbocycles. The summed E-state index contributed by atoms with van der Waals surface area (Å²) >= 11 is 0. The number of carbonyl (C=O) groups is 5. The van der Waals surface area contributed by atoms with E-state index < -0.39 is 59.0 Å². The van der Waals surface area contributed by atoms with Crippen LogP contribution in [0, 0.1) is 5.41 Å². The molecule has 14 heteroatoms. The SMILES string of the molecule is CC(C)(C)OC(=O)n1cc(/C=C/C(=O)OCC(C)(C)[C@@H](OC(=O)/C=C/c2cn(C(=O)OC(C)(C)C)c3ccccc23)C(=O)NCC[C@H](N)O)c2ccccc21. The van der Waals surface area contributed by atoms with Gasteiger partial charge >= 0.3 is 24.1 Å². The number of aromatic nitrogens is 2. The fourth-order valence-corrected chi connectivity index (χ4v) is 5.46. The van der Waals surface area contributed by atoms with Crippen LogP contribution in [0.15, 0.2) is 73.1 Å². The summed E-state index contributed by atoms with van der Waals surface area (Å²) in [6, 6.07) is 14.2. The molecule has 0 fully saturated rings. The number of nitrogens with two attached hydrogens (primary N) is 1. The van der Waals surface area contributed by atoms with Gasteiger partial charge in [0.2, 0.25) is 0 Å². The molecule has 0 unspecified atom stereocenters. The zero-order chi connectivity index (χ0) is 40.7. The Bertz CT molecular complexity index is 2110. The third-order valence-electron chi connectivity index (χ3n) is 7.97. The summed E-state index contributed by atoms with van der Waals surface area (Å²) in [5.41, 5.74) is 4.95. The molecule has 4 N–H and O–H groups in total. The second kappa shape index (κ2) is 17.2. The van der Waals surface area contributed by atoms with Crippen molar-refractivity contribution in [3.05, 3.63) is 84.2 Å². The maximum atomic E-state index is 13.4. The van der Waals surface area contributed by atoms with E-state index in [1.54, 1.807) is 110 Å². The van der Waals surface area contributed by atoms with E-state index >= 15 is 0 Å². The lowest BCUT2D eigenvalue weighted by atomic mass is 9.86. The predicted octanol–water partition coefficient (Wildman–Crippen LogP) is 6.15. The number of aliphatic hydroxyl groups is 1. The minimum Gasteiger partial charge on any atom is -0.462 e. The van der Waals surface area contributed by atoms with Crippen molar-refractivity contribution >= 4 is 64.0 Å². The summed E-state index contributed by atoms with van der Waals surface area (Å²) in [6.45, 7) is 13.4. The Morgan fingerprint density at radius 1 is 0.745 bits per heavy atom. The van der Waals surface area contributed by atoms with Crippen LogP contribution in [0.5, 0.6) is 0 Å². The first kappa shape index (κ1) is 42.0. The first-order chi connectivity index (χ1) is 25.6. The number of rotatable bonds is 12. The normalized spacial score (nSPS) is 13.6.